The lowest BCUT2D eigenvalue weighted by Gasteiger charge is -2.30. The average Bonchev–Trinajstić information content (AvgIpc) is 2.59. The van der Waals surface area contributed by atoms with Crippen molar-refractivity contribution in [3.8, 4) is 0 Å². The summed E-state index contributed by atoms with van der Waals surface area (Å²) in [5.41, 5.74) is -2.64. The van der Waals surface area contributed by atoms with Crippen molar-refractivity contribution < 1.29 is 33.0 Å². The number of carbonyl (C=O) groups excluding carboxylic acids is 3. The second kappa shape index (κ2) is 10.5. The quantitative estimate of drug-likeness (QED) is 0.205. The molecule has 0 amide bonds. The van der Waals surface area contributed by atoms with Gasteiger partial charge in [0.05, 0.1) is 22.2 Å². The monoisotopic (exact) mass is 538 g/mol. The van der Waals surface area contributed by atoms with Crippen molar-refractivity contribution in [2.75, 3.05) is 13.2 Å². The fourth-order valence-electron chi connectivity index (χ4n) is 2.51. The van der Waals surface area contributed by atoms with E-state index in [1.807, 2.05) is 0 Å². The molecular weight excluding hydrogens is 515 g/mol. The van der Waals surface area contributed by atoms with Gasteiger partial charge in [0.15, 0.2) is 5.82 Å². The summed E-state index contributed by atoms with van der Waals surface area (Å²) in [4.78, 5) is 38.7. The third-order valence-electron chi connectivity index (χ3n) is 3.83. The smallest absolute Gasteiger partial charge is 0.335 e. The molecule has 0 aliphatic heterocycles. The van der Waals surface area contributed by atoms with E-state index in [0.717, 1.165) is 0 Å². The molecule has 9 heteroatoms. The Morgan fingerprint density at radius 2 is 1.38 bits per heavy atom. The number of ether oxygens (including phenoxy) is 3. The van der Waals surface area contributed by atoms with Crippen LogP contribution in [0.3, 0.4) is 0 Å². The van der Waals surface area contributed by atoms with Gasteiger partial charge in [-0.25, -0.2) is 4.39 Å². The Morgan fingerprint density at radius 1 is 0.931 bits per heavy atom. The molecule has 0 N–H and O–H groups in total. The van der Waals surface area contributed by atoms with Crippen LogP contribution < -0.4 is 0 Å². The van der Waals surface area contributed by atoms with Crippen molar-refractivity contribution in [1.29, 1.82) is 0 Å². The van der Waals surface area contributed by atoms with Crippen molar-refractivity contribution in [3.63, 3.8) is 0 Å². The highest BCUT2D eigenvalue weighted by Crippen LogP contribution is 2.34. The van der Waals surface area contributed by atoms with Crippen molar-refractivity contribution in [1.82, 2.24) is 0 Å². The lowest BCUT2D eigenvalue weighted by Crippen LogP contribution is -2.51. The van der Waals surface area contributed by atoms with Crippen LogP contribution in [0.5, 0.6) is 0 Å². The highest BCUT2D eigenvalue weighted by atomic mass is 79.9. The van der Waals surface area contributed by atoms with E-state index in [2.05, 4.69) is 31.9 Å². The lowest BCUT2D eigenvalue weighted by molar-refractivity contribution is -0.189. The van der Waals surface area contributed by atoms with Gasteiger partial charge in [0, 0.05) is 0 Å². The largest absolute Gasteiger partial charge is 0.465 e. The van der Waals surface area contributed by atoms with Crippen LogP contribution in [-0.2, 0) is 35.0 Å². The average molecular weight is 540 g/mol. The summed E-state index contributed by atoms with van der Waals surface area (Å²) in [7, 11) is 0. The second-order valence-corrected chi connectivity index (χ2v) is 8.93. The maximum absolute atomic E-state index is 13.8. The molecule has 0 spiro atoms. The molecule has 0 atom stereocenters. The normalized spacial score (nSPS) is 11.7. The molecule has 0 fully saturated rings. The molecule has 0 radical (unpaired) electrons. The van der Waals surface area contributed by atoms with E-state index in [4.69, 9.17) is 14.2 Å². The molecule has 6 nitrogen and oxygen atoms in total. The van der Waals surface area contributed by atoms with Crippen LogP contribution in [0.25, 0.3) is 0 Å². The standard InChI is InChI=1S/C20H25Br2FO6/c1-6-27-16(24)20(17(25)28-7-2,18(26)29-19(3,4)5)9-8-12-10-13(21)15(23)14(22)11-12/h10-11H,6-9H2,1-5H3. The minimum Gasteiger partial charge on any atom is -0.465 e. The molecule has 1 aromatic carbocycles. The molecule has 0 aliphatic carbocycles. The number of aryl methyl sites for hydroxylation is 1. The molecule has 0 unspecified atom stereocenters. The summed E-state index contributed by atoms with van der Waals surface area (Å²) in [5.74, 6) is -3.59. The van der Waals surface area contributed by atoms with E-state index < -0.39 is 34.7 Å². The predicted octanol–water partition coefficient (Wildman–Crippen LogP) is 4.74. The Bertz CT molecular complexity index is 732. The van der Waals surface area contributed by atoms with Gasteiger partial charge in [0.25, 0.3) is 5.41 Å². The van der Waals surface area contributed by atoms with Crippen LogP contribution in [0.2, 0.25) is 0 Å². The first-order valence-electron chi connectivity index (χ1n) is 9.10. The van der Waals surface area contributed by atoms with E-state index in [0.29, 0.717) is 5.56 Å². The Morgan fingerprint density at radius 3 is 1.76 bits per heavy atom. The molecule has 0 aliphatic rings. The van der Waals surface area contributed by atoms with E-state index in [9.17, 15) is 18.8 Å². The van der Waals surface area contributed by atoms with Crippen LogP contribution in [0.4, 0.5) is 4.39 Å². The van der Waals surface area contributed by atoms with E-state index in [1.165, 1.54) is 12.1 Å². The zero-order valence-corrected chi connectivity index (χ0v) is 20.2. The van der Waals surface area contributed by atoms with Gasteiger partial charge in [-0.1, -0.05) is 0 Å². The summed E-state index contributed by atoms with van der Waals surface area (Å²) in [6.45, 7) is 7.95. The molecule has 162 valence electrons. The molecule has 29 heavy (non-hydrogen) atoms. The Hall–Kier alpha value is -1.48. The van der Waals surface area contributed by atoms with E-state index >= 15 is 0 Å². The van der Waals surface area contributed by atoms with Crippen molar-refractivity contribution in [3.05, 3.63) is 32.5 Å². The topological polar surface area (TPSA) is 78.9 Å². The van der Waals surface area contributed by atoms with Crippen LogP contribution in [-0.4, -0.2) is 36.7 Å². The fourth-order valence-corrected chi connectivity index (χ4v) is 3.80. The minimum atomic E-state index is -2.29. The van der Waals surface area contributed by atoms with E-state index in [1.54, 1.807) is 34.6 Å². The summed E-state index contributed by atoms with van der Waals surface area (Å²) in [5, 5.41) is 0. The van der Waals surface area contributed by atoms with Crippen LogP contribution >= 0.6 is 31.9 Å². The summed E-state index contributed by atoms with van der Waals surface area (Å²) < 4.78 is 29.7. The van der Waals surface area contributed by atoms with Crippen LogP contribution in [0.15, 0.2) is 21.1 Å². The first-order valence-corrected chi connectivity index (χ1v) is 10.7. The minimum absolute atomic E-state index is 0.0313. The number of hydrogen-bond donors (Lipinski definition) is 0. The molecule has 0 aromatic heterocycles. The van der Waals surface area contributed by atoms with Crippen molar-refractivity contribution >= 4 is 49.8 Å². The third kappa shape index (κ3) is 6.50. The van der Waals surface area contributed by atoms with Gasteiger partial charge in [-0.3, -0.25) is 14.4 Å². The first kappa shape index (κ1) is 25.6. The molecule has 1 aromatic rings. The summed E-state index contributed by atoms with van der Waals surface area (Å²) in [6, 6.07) is 3.02. The number of benzene rings is 1. The fraction of sp³-hybridized carbons (Fsp3) is 0.550. The van der Waals surface area contributed by atoms with Gasteiger partial charge >= 0.3 is 17.9 Å². The SMILES string of the molecule is CCOC(=O)C(CCc1cc(Br)c(F)c(Br)c1)(C(=O)OCC)C(=O)OC(C)(C)C. The molecule has 0 saturated heterocycles. The first-order chi connectivity index (χ1) is 13.4. The number of halogens is 3. The zero-order chi connectivity index (χ0) is 22.4. The van der Waals surface area contributed by atoms with Crippen LogP contribution in [0.1, 0.15) is 46.6 Å². The maximum Gasteiger partial charge on any atom is 0.335 e. The Balaban J connectivity index is 3.40. The molecule has 0 bridgehead atoms. The lowest BCUT2D eigenvalue weighted by atomic mass is 9.81. The van der Waals surface area contributed by atoms with Gasteiger partial charge in [0.2, 0.25) is 0 Å². The molecule has 1 rings (SSSR count). The van der Waals surface area contributed by atoms with Gasteiger partial charge < -0.3 is 14.2 Å². The summed E-state index contributed by atoms with van der Waals surface area (Å²) >= 11 is 6.23. The van der Waals surface area contributed by atoms with Gasteiger partial charge in [0.1, 0.15) is 5.60 Å². The van der Waals surface area contributed by atoms with Crippen molar-refractivity contribution in [2.24, 2.45) is 5.41 Å². The molecule has 0 heterocycles. The number of esters is 3. The maximum atomic E-state index is 13.8. The Kier molecular flexibility index (Phi) is 9.27. The third-order valence-corrected chi connectivity index (χ3v) is 4.98. The van der Waals surface area contributed by atoms with Gasteiger partial charge in [-0.15, -0.1) is 0 Å². The van der Waals surface area contributed by atoms with E-state index in [-0.39, 0.29) is 35.0 Å². The zero-order valence-electron chi connectivity index (χ0n) is 17.1. The molecular formula is C20H25Br2FO6. The second-order valence-electron chi connectivity index (χ2n) is 7.22. The number of hydrogen-bond acceptors (Lipinski definition) is 6. The van der Waals surface area contributed by atoms with Crippen LogP contribution in [0, 0.1) is 11.2 Å². The Labute approximate surface area is 186 Å². The summed E-state index contributed by atoms with van der Waals surface area (Å²) in [6.07, 6.45) is -0.168. The van der Waals surface area contributed by atoms with Gasteiger partial charge in [-0.2, -0.15) is 0 Å². The number of carbonyl (C=O) groups is 3. The van der Waals surface area contributed by atoms with Crippen molar-refractivity contribution in [2.45, 2.75) is 53.1 Å². The molecule has 0 saturated carbocycles. The number of rotatable bonds is 8. The predicted molar refractivity (Wildman–Crippen MR) is 112 cm³/mol. The van der Waals surface area contributed by atoms with Gasteiger partial charge in [-0.05, 0) is 97.0 Å². The highest BCUT2D eigenvalue weighted by Gasteiger charge is 2.57. The highest BCUT2D eigenvalue weighted by molar-refractivity contribution is 9.11.